The van der Waals surface area contributed by atoms with E-state index in [1.165, 1.54) is 6.07 Å². The van der Waals surface area contributed by atoms with E-state index in [0.717, 1.165) is 0 Å². The van der Waals surface area contributed by atoms with Crippen LogP contribution in [-0.4, -0.2) is 43.7 Å². The number of halogens is 2. The number of alkyl halides is 2. The maximum absolute atomic E-state index is 12.5. The fourth-order valence-corrected chi connectivity index (χ4v) is 2.29. The topological polar surface area (TPSA) is 50.8 Å². The van der Waals surface area contributed by atoms with Crippen molar-refractivity contribution in [3.8, 4) is 5.75 Å². The van der Waals surface area contributed by atoms with E-state index >= 15 is 0 Å². The van der Waals surface area contributed by atoms with Crippen molar-refractivity contribution in [2.75, 3.05) is 26.3 Å². The average molecular weight is 300 g/mol. The first-order valence-corrected chi connectivity index (χ1v) is 6.77. The van der Waals surface area contributed by atoms with Gasteiger partial charge in [-0.15, -0.1) is 0 Å². The lowest BCUT2D eigenvalue weighted by molar-refractivity contribution is -0.128. The van der Waals surface area contributed by atoms with Gasteiger partial charge in [0.05, 0.1) is 13.2 Å². The fraction of sp³-hybridized carbons (Fsp3) is 0.500. The molecule has 1 aliphatic rings. The first-order valence-electron chi connectivity index (χ1n) is 6.77. The molecule has 0 bridgehead atoms. The molecule has 1 unspecified atom stereocenters. The summed E-state index contributed by atoms with van der Waals surface area (Å²) in [6, 6.07) is 6.47. The molecular weight excluding hydrogens is 282 g/mol. The molecule has 1 saturated heterocycles. The second-order valence-corrected chi connectivity index (χ2v) is 4.48. The lowest BCUT2D eigenvalue weighted by Gasteiger charge is -2.26. The van der Waals surface area contributed by atoms with Gasteiger partial charge in [0, 0.05) is 18.7 Å². The third-order valence-electron chi connectivity index (χ3n) is 3.19. The number of carbonyl (C=O) groups excluding carboxylic acids is 1. The van der Waals surface area contributed by atoms with Crippen LogP contribution in [-0.2, 0) is 9.53 Å². The number of amides is 1. The van der Waals surface area contributed by atoms with Crippen LogP contribution in [0.1, 0.15) is 18.7 Å². The molecule has 0 aliphatic carbocycles. The van der Waals surface area contributed by atoms with Crippen LogP contribution >= 0.6 is 0 Å². The highest BCUT2D eigenvalue weighted by Gasteiger charge is 2.33. The molecule has 1 N–H and O–H groups in total. The Morgan fingerprint density at radius 3 is 2.90 bits per heavy atom. The summed E-state index contributed by atoms with van der Waals surface area (Å²) in [5.41, 5.74) is 0.514. The van der Waals surface area contributed by atoms with Crippen molar-refractivity contribution in [2.24, 2.45) is 0 Å². The number of benzene rings is 1. The summed E-state index contributed by atoms with van der Waals surface area (Å²) in [5, 5.41) is 3.01. The van der Waals surface area contributed by atoms with E-state index in [-0.39, 0.29) is 18.2 Å². The minimum Gasteiger partial charge on any atom is -0.434 e. The molecule has 1 aromatic carbocycles. The zero-order valence-corrected chi connectivity index (χ0v) is 11.7. The molecule has 1 aliphatic heterocycles. The first kappa shape index (κ1) is 15.7. The van der Waals surface area contributed by atoms with Gasteiger partial charge >= 0.3 is 6.61 Å². The van der Waals surface area contributed by atoms with Crippen LogP contribution in [0.5, 0.6) is 5.75 Å². The number of hydrogen-bond acceptors (Lipinski definition) is 4. The number of para-hydroxylation sites is 1. The van der Waals surface area contributed by atoms with Crippen LogP contribution in [0.15, 0.2) is 24.3 Å². The summed E-state index contributed by atoms with van der Waals surface area (Å²) >= 11 is 0. The van der Waals surface area contributed by atoms with E-state index in [2.05, 4.69) is 10.1 Å². The molecule has 0 saturated carbocycles. The smallest absolute Gasteiger partial charge is 0.387 e. The quantitative estimate of drug-likeness (QED) is 0.780. The third-order valence-corrected chi connectivity index (χ3v) is 3.19. The zero-order chi connectivity index (χ0) is 15.2. The van der Waals surface area contributed by atoms with Gasteiger partial charge in [-0.1, -0.05) is 18.2 Å². The Morgan fingerprint density at radius 2 is 2.19 bits per heavy atom. The summed E-state index contributed by atoms with van der Waals surface area (Å²) < 4.78 is 34.7. The van der Waals surface area contributed by atoms with Crippen molar-refractivity contribution in [1.82, 2.24) is 10.2 Å². The van der Waals surface area contributed by atoms with Crippen molar-refractivity contribution in [3.63, 3.8) is 0 Å². The lowest BCUT2D eigenvalue weighted by atomic mass is 10.1. The molecule has 1 amide bonds. The molecule has 1 heterocycles. The van der Waals surface area contributed by atoms with Crippen molar-refractivity contribution >= 4 is 5.91 Å². The molecule has 116 valence electrons. The number of carbonyl (C=O) groups is 1. The second-order valence-electron chi connectivity index (χ2n) is 4.48. The van der Waals surface area contributed by atoms with Gasteiger partial charge in [-0.2, -0.15) is 8.78 Å². The highest BCUT2D eigenvalue weighted by Crippen LogP contribution is 2.30. The number of nitrogens with zero attached hydrogens (tertiary/aromatic N) is 1. The number of hydrogen-bond donors (Lipinski definition) is 1. The number of ether oxygens (including phenoxy) is 2. The van der Waals surface area contributed by atoms with Crippen LogP contribution in [0.4, 0.5) is 8.78 Å². The second kappa shape index (κ2) is 7.33. The van der Waals surface area contributed by atoms with Gasteiger partial charge in [-0.25, -0.2) is 0 Å². The van der Waals surface area contributed by atoms with E-state index < -0.39 is 12.8 Å². The number of rotatable bonds is 7. The van der Waals surface area contributed by atoms with Gasteiger partial charge in [0.15, 0.2) is 0 Å². The van der Waals surface area contributed by atoms with Gasteiger partial charge in [-0.3, -0.25) is 10.1 Å². The normalized spacial score (nSPS) is 18.6. The van der Waals surface area contributed by atoms with E-state index in [1.807, 2.05) is 6.92 Å². The highest BCUT2D eigenvalue weighted by atomic mass is 19.3. The first-order chi connectivity index (χ1) is 10.1. The maximum Gasteiger partial charge on any atom is 0.387 e. The molecule has 5 nitrogen and oxygen atoms in total. The highest BCUT2D eigenvalue weighted by molar-refractivity contribution is 5.81. The Kier molecular flexibility index (Phi) is 5.46. The third kappa shape index (κ3) is 3.89. The van der Waals surface area contributed by atoms with E-state index in [4.69, 9.17) is 4.74 Å². The van der Waals surface area contributed by atoms with Crippen LogP contribution in [0, 0.1) is 0 Å². The Bertz CT molecular complexity index is 485. The van der Waals surface area contributed by atoms with Gasteiger partial charge in [0.25, 0.3) is 0 Å². The van der Waals surface area contributed by atoms with E-state index in [1.54, 1.807) is 23.1 Å². The minimum atomic E-state index is -2.90. The predicted molar refractivity (Wildman–Crippen MR) is 72.0 cm³/mol. The largest absolute Gasteiger partial charge is 0.434 e. The van der Waals surface area contributed by atoms with E-state index in [0.29, 0.717) is 25.3 Å². The van der Waals surface area contributed by atoms with E-state index in [9.17, 15) is 13.6 Å². The average Bonchev–Trinajstić information content (AvgIpc) is 2.81. The van der Waals surface area contributed by atoms with Crippen molar-refractivity contribution in [1.29, 1.82) is 0 Å². The van der Waals surface area contributed by atoms with Crippen LogP contribution in [0.25, 0.3) is 0 Å². The molecule has 0 aromatic heterocycles. The SMILES string of the molecule is CCOCCN1C(=O)CNC1c1ccccc1OC(F)F. The Morgan fingerprint density at radius 1 is 1.43 bits per heavy atom. The van der Waals surface area contributed by atoms with Crippen molar-refractivity contribution in [2.45, 2.75) is 19.7 Å². The predicted octanol–water partition coefficient (Wildman–Crippen LogP) is 1.75. The molecule has 0 spiro atoms. The molecule has 2 rings (SSSR count). The Hall–Kier alpha value is -1.73. The van der Waals surface area contributed by atoms with Gasteiger partial charge in [0.2, 0.25) is 5.91 Å². The Labute approximate surface area is 121 Å². The summed E-state index contributed by atoms with van der Waals surface area (Å²) in [6.45, 7) is 0.490. The van der Waals surface area contributed by atoms with Crippen molar-refractivity contribution in [3.05, 3.63) is 29.8 Å². The van der Waals surface area contributed by atoms with Crippen LogP contribution < -0.4 is 10.1 Å². The van der Waals surface area contributed by atoms with Crippen LogP contribution in [0.3, 0.4) is 0 Å². The maximum atomic E-state index is 12.5. The summed E-state index contributed by atoms with van der Waals surface area (Å²) in [5.74, 6) is -0.0207. The molecule has 21 heavy (non-hydrogen) atoms. The standard InChI is InChI=1S/C14H18F2N2O3/c1-2-20-8-7-18-12(19)9-17-13(18)10-5-3-4-6-11(10)21-14(15)16/h3-6,13-14,17H,2,7-9H2,1H3. The van der Waals surface area contributed by atoms with Crippen molar-refractivity contribution < 1.29 is 23.0 Å². The number of nitrogens with one attached hydrogen (secondary N) is 1. The molecular formula is C14H18F2N2O3. The molecule has 0 radical (unpaired) electrons. The summed E-state index contributed by atoms with van der Waals surface area (Å²) in [6.07, 6.45) is -0.479. The molecule has 1 aromatic rings. The van der Waals surface area contributed by atoms with Gasteiger partial charge < -0.3 is 14.4 Å². The van der Waals surface area contributed by atoms with Crippen LogP contribution in [0.2, 0.25) is 0 Å². The molecule has 1 atom stereocenters. The molecule has 1 fully saturated rings. The summed E-state index contributed by atoms with van der Waals surface area (Å²) in [7, 11) is 0. The minimum absolute atomic E-state index is 0.0705. The zero-order valence-electron chi connectivity index (χ0n) is 11.7. The lowest BCUT2D eigenvalue weighted by Crippen LogP contribution is -2.33. The fourth-order valence-electron chi connectivity index (χ4n) is 2.29. The molecule has 7 heteroatoms. The Balaban J connectivity index is 2.17. The van der Waals surface area contributed by atoms with Gasteiger partial charge in [0.1, 0.15) is 11.9 Å². The van der Waals surface area contributed by atoms with Gasteiger partial charge in [-0.05, 0) is 13.0 Å². The monoisotopic (exact) mass is 300 g/mol. The summed E-state index contributed by atoms with van der Waals surface area (Å²) in [4.78, 5) is 13.5.